The SMILES string of the molecule is CCCCCCCCCCCCCC(=O)OC[C@H](COP(=O)(O)OCCN=C([O-])CCS)OC(=O)CCCCCCCCCCCCC. The maximum absolute atomic E-state index is 12.6. The summed E-state index contributed by atoms with van der Waals surface area (Å²) in [6.45, 7) is 3.27. The van der Waals surface area contributed by atoms with Gasteiger partial charge < -0.3 is 24.5 Å². The van der Waals surface area contributed by atoms with Crippen molar-refractivity contribution in [2.45, 2.75) is 180 Å². The standard InChI is InChI=1S/C36H70NO9PS/c1-3-5-7-9-11-13-15-17-19-21-23-25-35(39)43-31-33(32-45-47(41,42)44-29-28-37-34(38)27-30-48)46-36(40)26-24-22-20-18-16-14-12-10-8-6-4-2/h33,48H,3-32H2,1-2H3,(H,37,38)(H,41,42)/p-1/t33-/m1/s1. The van der Waals surface area contributed by atoms with Gasteiger partial charge in [0.25, 0.3) is 0 Å². The van der Waals surface area contributed by atoms with Gasteiger partial charge in [0.15, 0.2) is 6.10 Å². The fourth-order valence-corrected chi connectivity index (χ4v) is 6.13. The third-order valence-electron chi connectivity index (χ3n) is 8.08. The zero-order valence-corrected chi connectivity index (χ0v) is 32.1. The summed E-state index contributed by atoms with van der Waals surface area (Å²) in [5.74, 6) is -0.903. The van der Waals surface area contributed by atoms with Crippen molar-refractivity contribution in [3.63, 3.8) is 0 Å². The molecule has 0 aromatic rings. The van der Waals surface area contributed by atoms with Crippen LogP contribution < -0.4 is 5.11 Å². The zero-order chi connectivity index (χ0) is 35.6. The molecule has 0 radical (unpaired) electrons. The van der Waals surface area contributed by atoms with Crippen LogP contribution in [0.4, 0.5) is 0 Å². The van der Waals surface area contributed by atoms with Gasteiger partial charge >= 0.3 is 19.8 Å². The Balaban J connectivity index is 4.51. The Morgan fingerprint density at radius 2 is 1.10 bits per heavy atom. The topological polar surface area (TPSA) is 144 Å². The minimum atomic E-state index is -4.52. The molecule has 0 rings (SSSR count). The lowest BCUT2D eigenvalue weighted by Crippen LogP contribution is -2.29. The van der Waals surface area contributed by atoms with Crippen LogP contribution in [0, 0.1) is 0 Å². The highest BCUT2D eigenvalue weighted by Gasteiger charge is 2.26. The number of hydrogen-bond donors (Lipinski definition) is 2. The highest BCUT2D eigenvalue weighted by atomic mass is 32.1. The lowest BCUT2D eigenvalue weighted by molar-refractivity contribution is -0.218. The van der Waals surface area contributed by atoms with Crippen molar-refractivity contribution in [2.24, 2.45) is 4.99 Å². The van der Waals surface area contributed by atoms with Crippen LogP contribution in [0.5, 0.6) is 0 Å². The van der Waals surface area contributed by atoms with E-state index >= 15 is 0 Å². The van der Waals surface area contributed by atoms with Crippen molar-refractivity contribution in [1.29, 1.82) is 0 Å². The predicted molar refractivity (Wildman–Crippen MR) is 195 cm³/mol. The van der Waals surface area contributed by atoms with E-state index in [-0.39, 0.29) is 44.9 Å². The van der Waals surface area contributed by atoms with Crippen molar-refractivity contribution in [1.82, 2.24) is 0 Å². The smallest absolute Gasteiger partial charge is 0.472 e. The van der Waals surface area contributed by atoms with E-state index in [4.69, 9.17) is 18.5 Å². The average molecular weight is 723 g/mol. The van der Waals surface area contributed by atoms with E-state index in [1.165, 1.54) is 96.3 Å². The van der Waals surface area contributed by atoms with Gasteiger partial charge in [0, 0.05) is 12.8 Å². The monoisotopic (exact) mass is 722 g/mol. The maximum Gasteiger partial charge on any atom is 0.472 e. The average Bonchev–Trinajstić information content (AvgIpc) is 3.06. The summed E-state index contributed by atoms with van der Waals surface area (Å²) in [7, 11) is -4.52. The number of unbranched alkanes of at least 4 members (excludes halogenated alkanes) is 20. The fourth-order valence-electron chi connectivity index (χ4n) is 5.20. The molecule has 1 N–H and O–H groups in total. The summed E-state index contributed by atoms with van der Waals surface area (Å²) < 4.78 is 33.1. The molecule has 2 atom stereocenters. The van der Waals surface area contributed by atoms with Crippen LogP contribution in [-0.4, -0.2) is 61.0 Å². The molecule has 0 saturated carbocycles. The van der Waals surface area contributed by atoms with Crippen LogP contribution in [0.1, 0.15) is 174 Å². The molecule has 0 spiro atoms. The third kappa shape index (κ3) is 33.4. The summed E-state index contributed by atoms with van der Waals surface area (Å²) in [6, 6.07) is 0. The number of phosphoric acid groups is 1. The van der Waals surface area contributed by atoms with Gasteiger partial charge in [-0.05, 0) is 30.9 Å². The zero-order valence-electron chi connectivity index (χ0n) is 30.3. The van der Waals surface area contributed by atoms with Crippen LogP contribution in [-0.2, 0) is 32.7 Å². The first-order valence-corrected chi connectivity index (χ1v) is 21.1. The maximum atomic E-state index is 12.6. The van der Waals surface area contributed by atoms with E-state index in [1.54, 1.807) is 0 Å². The third-order valence-corrected chi connectivity index (χ3v) is 9.29. The Kier molecular flexibility index (Phi) is 33.5. The molecule has 48 heavy (non-hydrogen) atoms. The largest absolute Gasteiger partial charge is 0.862 e. The highest BCUT2D eigenvalue weighted by Crippen LogP contribution is 2.43. The van der Waals surface area contributed by atoms with E-state index in [0.29, 0.717) is 12.2 Å². The van der Waals surface area contributed by atoms with Crippen LogP contribution >= 0.6 is 20.5 Å². The second-order valence-corrected chi connectivity index (χ2v) is 14.6. The molecule has 0 aliphatic carbocycles. The van der Waals surface area contributed by atoms with E-state index in [1.807, 2.05) is 0 Å². The number of rotatable bonds is 36. The molecule has 0 aliphatic heterocycles. The molecule has 0 fully saturated rings. The van der Waals surface area contributed by atoms with E-state index in [0.717, 1.165) is 38.5 Å². The van der Waals surface area contributed by atoms with Gasteiger partial charge in [-0.2, -0.15) is 12.6 Å². The molecule has 1 unspecified atom stereocenters. The van der Waals surface area contributed by atoms with Gasteiger partial charge in [-0.1, -0.05) is 142 Å². The van der Waals surface area contributed by atoms with Gasteiger partial charge in [0.05, 0.1) is 19.8 Å². The first-order valence-electron chi connectivity index (χ1n) is 19.0. The number of nitrogens with zero attached hydrogens (tertiary/aromatic N) is 1. The normalized spacial score (nSPS) is 13.7. The number of esters is 2. The molecular weight excluding hydrogens is 653 g/mol. The summed E-state index contributed by atoms with van der Waals surface area (Å²) in [6.07, 6.45) is 25.3. The van der Waals surface area contributed by atoms with Gasteiger partial charge in [0.2, 0.25) is 0 Å². The molecule has 0 aliphatic rings. The lowest BCUT2D eigenvalue weighted by atomic mass is 10.1. The van der Waals surface area contributed by atoms with Crippen molar-refractivity contribution < 1.29 is 42.7 Å². The summed E-state index contributed by atoms with van der Waals surface area (Å²) in [5.41, 5.74) is 0. The quantitative estimate of drug-likeness (QED) is 0.0162. The molecule has 0 saturated heterocycles. The summed E-state index contributed by atoms with van der Waals surface area (Å²) in [5, 5.41) is 11.5. The number of carbonyl (C=O) groups is 2. The molecule has 0 aromatic carbocycles. The molecule has 12 heteroatoms. The molecule has 0 amide bonds. The molecule has 0 bridgehead atoms. The van der Waals surface area contributed by atoms with E-state index in [2.05, 4.69) is 31.5 Å². The number of thiol groups is 1. The van der Waals surface area contributed by atoms with Gasteiger partial charge in [-0.15, -0.1) is 0 Å². The van der Waals surface area contributed by atoms with Crippen molar-refractivity contribution in [3.05, 3.63) is 0 Å². The minimum Gasteiger partial charge on any atom is -0.862 e. The fraction of sp³-hybridized carbons (Fsp3) is 0.917. The van der Waals surface area contributed by atoms with Crippen molar-refractivity contribution >= 4 is 38.3 Å². The molecule has 10 nitrogen and oxygen atoms in total. The minimum absolute atomic E-state index is 0.103. The Hall–Kier alpha value is -1.13. The van der Waals surface area contributed by atoms with Crippen molar-refractivity contribution in [2.75, 3.05) is 32.1 Å². The van der Waals surface area contributed by atoms with E-state index in [9.17, 15) is 24.2 Å². The first-order chi connectivity index (χ1) is 23.2. The second kappa shape index (κ2) is 34.3. The summed E-state index contributed by atoms with van der Waals surface area (Å²) in [4.78, 5) is 38.7. The Morgan fingerprint density at radius 3 is 1.56 bits per heavy atom. The lowest BCUT2D eigenvalue weighted by Gasteiger charge is -2.20. The van der Waals surface area contributed by atoms with Crippen molar-refractivity contribution in [3.8, 4) is 0 Å². The second-order valence-electron chi connectivity index (χ2n) is 12.7. The number of phosphoric ester groups is 1. The van der Waals surface area contributed by atoms with Crippen LogP contribution in [0.2, 0.25) is 0 Å². The number of hydrogen-bond acceptors (Lipinski definition) is 10. The van der Waals surface area contributed by atoms with Crippen LogP contribution in [0.3, 0.4) is 0 Å². The Labute approximate surface area is 297 Å². The number of carbonyl (C=O) groups excluding carboxylic acids is 2. The molecular formula is C36H69NO9PS-. The first kappa shape index (κ1) is 46.9. The Bertz CT molecular complexity index is 846. The number of ether oxygens (including phenoxy) is 2. The van der Waals surface area contributed by atoms with Gasteiger partial charge in [0.1, 0.15) is 6.61 Å². The van der Waals surface area contributed by atoms with E-state index < -0.39 is 32.5 Å². The van der Waals surface area contributed by atoms with Gasteiger partial charge in [-0.25, -0.2) is 4.57 Å². The highest BCUT2D eigenvalue weighted by molar-refractivity contribution is 7.80. The molecule has 0 aromatic heterocycles. The molecule has 0 heterocycles. The van der Waals surface area contributed by atoms with Gasteiger partial charge in [-0.3, -0.25) is 18.6 Å². The summed E-state index contributed by atoms with van der Waals surface area (Å²) >= 11 is 3.96. The Morgan fingerprint density at radius 1 is 0.667 bits per heavy atom. The van der Waals surface area contributed by atoms with Crippen LogP contribution in [0.15, 0.2) is 4.99 Å². The molecule has 284 valence electrons. The number of aliphatic imine (C=N–C) groups is 1. The van der Waals surface area contributed by atoms with Crippen LogP contribution in [0.25, 0.3) is 0 Å². The predicted octanol–water partition coefficient (Wildman–Crippen LogP) is 9.06.